The Morgan fingerprint density at radius 3 is 2.73 bits per heavy atom. The van der Waals surface area contributed by atoms with Crippen LogP contribution in [0.4, 0.5) is 24.7 Å². The maximum Gasteiger partial charge on any atom is 0.410 e. The summed E-state index contributed by atoms with van der Waals surface area (Å²) in [5, 5.41) is 9.85. The van der Waals surface area contributed by atoms with Crippen LogP contribution >= 0.6 is 0 Å². The van der Waals surface area contributed by atoms with E-state index >= 15 is 0 Å². The molecule has 33 heavy (non-hydrogen) atoms. The molecule has 2 atom stereocenters. The monoisotopic (exact) mass is 458 g/mol. The van der Waals surface area contributed by atoms with Crippen LogP contribution in [-0.2, 0) is 0 Å². The number of aromatic nitrogens is 2. The van der Waals surface area contributed by atoms with E-state index in [0.29, 0.717) is 22.7 Å². The van der Waals surface area contributed by atoms with Gasteiger partial charge in [-0.2, -0.15) is 18.3 Å². The van der Waals surface area contributed by atoms with Gasteiger partial charge >= 0.3 is 6.18 Å². The molecule has 2 N–H and O–H groups in total. The number of carbonyl (C=O) groups excluding carboxylic acids is 1. The van der Waals surface area contributed by atoms with Crippen molar-refractivity contribution in [1.29, 1.82) is 0 Å². The molecular formula is C23H21F3N4O3. The first-order chi connectivity index (χ1) is 15.7. The highest BCUT2D eigenvalue weighted by atomic mass is 19.4. The summed E-state index contributed by atoms with van der Waals surface area (Å²) in [7, 11) is 0. The molecule has 0 saturated carbocycles. The number of rotatable bonds is 3. The lowest BCUT2D eigenvalue weighted by Crippen LogP contribution is -2.35. The Morgan fingerprint density at radius 1 is 1.15 bits per heavy atom. The molecule has 10 heteroatoms. The Labute approximate surface area is 187 Å². The number of ether oxygens (including phenoxy) is 2. The quantitative estimate of drug-likeness (QED) is 0.568. The third-order valence-corrected chi connectivity index (χ3v) is 6.07. The number of hydrogen-bond donors (Lipinski definition) is 2. The second-order valence-corrected chi connectivity index (χ2v) is 8.16. The highest BCUT2D eigenvalue weighted by Crippen LogP contribution is 2.45. The van der Waals surface area contributed by atoms with Crippen LogP contribution in [0.25, 0.3) is 0 Å². The number of benzene rings is 2. The van der Waals surface area contributed by atoms with Gasteiger partial charge in [0.05, 0.1) is 6.04 Å². The van der Waals surface area contributed by atoms with Gasteiger partial charge in [0.15, 0.2) is 23.2 Å². The Hall–Kier alpha value is -3.69. The topological polar surface area (TPSA) is 77.4 Å². The van der Waals surface area contributed by atoms with Crippen LogP contribution in [0.15, 0.2) is 42.5 Å². The Balaban J connectivity index is 1.45. The summed E-state index contributed by atoms with van der Waals surface area (Å²) in [6.07, 6.45) is -4.83. The maximum atomic E-state index is 13.9. The van der Waals surface area contributed by atoms with Crippen LogP contribution in [-0.4, -0.2) is 28.7 Å². The summed E-state index contributed by atoms with van der Waals surface area (Å²) in [5.74, 6) is 0.591. The lowest BCUT2D eigenvalue weighted by molar-refractivity contribution is -0.173. The Morgan fingerprint density at radius 2 is 1.94 bits per heavy atom. The van der Waals surface area contributed by atoms with E-state index in [2.05, 4.69) is 15.7 Å². The van der Waals surface area contributed by atoms with Crippen molar-refractivity contribution in [3.63, 3.8) is 0 Å². The van der Waals surface area contributed by atoms with Gasteiger partial charge in [-0.25, -0.2) is 4.68 Å². The Bertz CT molecular complexity index is 1240. The fourth-order valence-corrected chi connectivity index (χ4v) is 4.11. The number of anilines is 2. The standard InChI is InChI=1S/C23H21F3N4O3/c1-12-4-3-5-15(13(12)2)28-22(31)17-10-21-27-16(9-20(23(24,25)26)30(21)29-17)14-6-7-18-19(8-14)33-11-32-18/h3-8,10,16,20,27H,9,11H2,1-2H3,(H,28,31)/t16-,20-/m0/s1. The smallest absolute Gasteiger partial charge is 0.410 e. The van der Waals surface area contributed by atoms with Crippen molar-refractivity contribution in [1.82, 2.24) is 9.78 Å². The molecule has 172 valence electrons. The summed E-state index contributed by atoms with van der Waals surface area (Å²) in [6.45, 7) is 3.85. The van der Waals surface area contributed by atoms with Crippen molar-refractivity contribution in [2.75, 3.05) is 17.4 Å². The Kier molecular flexibility index (Phi) is 4.95. The van der Waals surface area contributed by atoms with Gasteiger partial charge < -0.3 is 20.1 Å². The van der Waals surface area contributed by atoms with E-state index in [0.717, 1.165) is 15.8 Å². The molecule has 3 heterocycles. The molecule has 0 aliphatic carbocycles. The minimum Gasteiger partial charge on any atom is -0.454 e. The van der Waals surface area contributed by atoms with Crippen LogP contribution < -0.4 is 20.1 Å². The molecule has 2 aromatic carbocycles. The fourth-order valence-electron chi connectivity index (χ4n) is 4.11. The van der Waals surface area contributed by atoms with E-state index in [9.17, 15) is 18.0 Å². The minimum absolute atomic E-state index is 0.0771. The summed E-state index contributed by atoms with van der Waals surface area (Å²) >= 11 is 0. The first-order valence-corrected chi connectivity index (χ1v) is 10.4. The van der Waals surface area contributed by atoms with Crippen LogP contribution in [0.2, 0.25) is 0 Å². The molecule has 0 fully saturated rings. The van der Waals surface area contributed by atoms with E-state index in [1.54, 1.807) is 30.3 Å². The highest BCUT2D eigenvalue weighted by molar-refractivity contribution is 6.03. The molecule has 7 nitrogen and oxygen atoms in total. The molecule has 5 rings (SSSR count). The van der Waals surface area contributed by atoms with Crippen molar-refractivity contribution in [3.05, 3.63) is 64.8 Å². The van der Waals surface area contributed by atoms with Gasteiger partial charge in [-0.1, -0.05) is 18.2 Å². The highest BCUT2D eigenvalue weighted by Gasteiger charge is 2.47. The zero-order chi connectivity index (χ0) is 23.3. The normalized spacial score (nSPS) is 19.1. The number of nitrogens with one attached hydrogen (secondary N) is 2. The lowest BCUT2D eigenvalue weighted by atomic mass is 9.96. The zero-order valence-electron chi connectivity index (χ0n) is 17.9. The minimum atomic E-state index is -4.54. The molecule has 0 spiro atoms. The summed E-state index contributed by atoms with van der Waals surface area (Å²) in [6, 6.07) is 9.32. The molecule has 1 aromatic heterocycles. The van der Waals surface area contributed by atoms with Gasteiger partial charge in [-0.15, -0.1) is 0 Å². The summed E-state index contributed by atoms with van der Waals surface area (Å²) in [4.78, 5) is 12.8. The van der Waals surface area contributed by atoms with Crippen molar-refractivity contribution in [2.45, 2.75) is 38.5 Å². The van der Waals surface area contributed by atoms with Crippen molar-refractivity contribution < 1.29 is 27.4 Å². The van der Waals surface area contributed by atoms with Gasteiger partial charge in [0, 0.05) is 18.2 Å². The zero-order valence-corrected chi connectivity index (χ0v) is 17.9. The van der Waals surface area contributed by atoms with E-state index in [1.165, 1.54) is 6.07 Å². The first-order valence-electron chi connectivity index (χ1n) is 10.4. The van der Waals surface area contributed by atoms with E-state index < -0.39 is 24.2 Å². The number of nitrogens with zero attached hydrogens (tertiary/aromatic N) is 2. The second kappa shape index (κ2) is 7.72. The van der Waals surface area contributed by atoms with Gasteiger partial charge in [0.2, 0.25) is 6.79 Å². The number of fused-ring (bicyclic) bond motifs is 2. The molecule has 0 unspecified atom stereocenters. The average Bonchev–Trinajstić information content (AvgIpc) is 3.41. The molecule has 1 amide bonds. The van der Waals surface area contributed by atoms with Crippen LogP contribution in [0.3, 0.4) is 0 Å². The molecule has 2 aliphatic heterocycles. The van der Waals surface area contributed by atoms with Gasteiger partial charge in [-0.05, 0) is 48.7 Å². The number of carbonyl (C=O) groups is 1. The maximum absolute atomic E-state index is 13.9. The third kappa shape index (κ3) is 3.85. The third-order valence-electron chi connectivity index (χ3n) is 6.07. The van der Waals surface area contributed by atoms with E-state index in [1.807, 2.05) is 19.9 Å². The molecule has 0 radical (unpaired) electrons. The van der Waals surface area contributed by atoms with Crippen LogP contribution in [0.5, 0.6) is 11.5 Å². The first kappa shape index (κ1) is 21.2. The largest absolute Gasteiger partial charge is 0.454 e. The number of alkyl halides is 3. The second-order valence-electron chi connectivity index (χ2n) is 8.16. The van der Waals surface area contributed by atoms with Crippen molar-refractivity contribution in [2.24, 2.45) is 0 Å². The van der Waals surface area contributed by atoms with Gasteiger partial charge in [-0.3, -0.25) is 4.79 Å². The van der Waals surface area contributed by atoms with Crippen molar-refractivity contribution >= 4 is 17.4 Å². The van der Waals surface area contributed by atoms with Gasteiger partial charge in [0.25, 0.3) is 5.91 Å². The predicted octanol–water partition coefficient (Wildman–Crippen LogP) is 5.14. The van der Waals surface area contributed by atoms with Crippen molar-refractivity contribution in [3.8, 4) is 11.5 Å². The number of hydrogen-bond acceptors (Lipinski definition) is 5. The van der Waals surface area contributed by atoms with E-state index in [-0.39, 0.29) is 24.7 Å². The predicted molar refractivity (Wildman–Crippen MR) is 115 cm³/mol. The fraction of sp³-hybridized carbons (Fsp3) is 0.304. The van der Waals surface area contributed by atoms with Crippen LogP contribution in [0.1, 0.15) is 45.7 Å². The molecule has 3 aromatic rings. The molecule has 0 saturated heterocycles. The van der Waals surface area contributed by atoms with Gasteiger partial charge in [0.1, 0.15) is 5.82 Å². The molecule has 0 bridgehead atoms. The molecule has 2 aliphatic rings. The lowest BCUT2D eigenvalue weighted by Gasteiger charge is -2.33. The average molecular weight is 458 g/mol. The van der Waals surface area contributed by atoms with Crippen LogP contribution in [0, 0.1) is 13.8 Å². The SMILES string of the molecule is Cc1cccc(NC(=O)c2cc3n(n2)[C@H](C(F)(F)F)C[C@@H](c2ccc4c(c2)OCO4)N3)c1C. The summed E-state index contributed by atoms with van der Waals surface area (Å²) < 4.78 is 53.3. The number of aryl methyl sites for hydroxylation is 1. The van der Waals surface area contributed by atoms with E-state index in [4.69, 9.17) is 9.47 Å². The summed E-state index contributed by atoms with van der Waals surface area (Å²) in [5.41, 5.74) is 2.98. The number of amides is 1. The number of halogens is 3. The molecular weight excluding hydrogens is 437 g/mol.